The van der Waals surface area contributed by atoms with Gasteiger partial charge in [0.25, 0.3) is 0 Å². The van der Waals surface area contributed by atoms with Crippen LogP contribution in [0, 0.1) is 33.3 Å². The Hall–Kier alpha value is -7.18. The highest BCUT2D eigenvalue weighted by Crippen LogP contribution is 2.29. The van der Waals surface area contributed by atoms with Gasteiger partial charge in [-0.1, -0.05) is 378 Å². The minimum absolute atomic E-state index is 0.119. The van der Waals surface area contributed by atoms with Crippen LogP contribution < -0.4 is 18.9 Å². The predicted octanol–water partition coefficient (Wildman–Crippen LogP) is 30.8. The van der Waals surface area contributed by atoms with Gasteiger partial charge in [-0.3, -0.25) is 0 Å². The largest absolute Gasteiger partial charge is 0.497 e. The third-order valence-electron chi connectivity index (χ3n) is 17.3. The Morgan fingerprint density at radius 2 is 0.444 bits per heavy atom. The predicted molar refractivity (Wildman–Crippen MR) is 470 cm³/mol. The van der Waals surface area contributed by atoms with Gasteiger partial charge in [0, 0.05) is 0 Å². The fourth-order valence-electron chi connectivity index (χ4n) is 11.3. The quantitative estimate of drug-likeness (QED) is 0.0634. The van der Waals surface area contributed by atoms with E-state index < -0.39 is 0 Å². The third kappa shape index (κ3) is 52.0. The molecule has 0 aromatic heterocycles. The highest BCUT2D eigenvalue weighted by atomic mass is 19.1. The molecule has 108 heavy (non-hydrogen) atoms. The maximum absolute atomic E-state index is 12.5. The summed E-state index contributed by atoms with van der Waals surface area (Å²) < 4.78 is 46.8. The highest BCUT2D eigenvalue weighted by Gasteiger charge is 2.18. The van der Waals surface area contributed by atoms with Gasteiger partial charge in [0.1, 0.15) is 34.6 Å². The lowest BCUT2D eigenvalue weighted by Crippen LogP contribution is -2.10. The average Bonchev–Trinajstić information content (AvgIpc) is 0.882. The van der Waals surface area contributed by atoms with Crippen LogP contribution in [0.25, 0.3) is 0 Å². The summed E-state index contributed by atoms with van der Waals surface area (Å²) in [5.41, 5.74) is 12.9. The first kappa shape index (κ1) is 98.8. The zero-order valence-corrected chi connectivity index (χ0v) is 73.7. The molecule has 0 aliphatic rings. The molecule has 600 valence electrons. The van der Waals surface area contributed by atoms with Crippen LogP contribution in [0.2, 0.25) is 0 Å². The Morgan fingerprint density at radius 3 is 0.713 bits per heavy atom. The summed E-state index contributed by atoms with van der Waals surface area (Å²) in [6.07, 6.45) is 20.1. The normalized spacial score (nSPS) is 11.5. The zero-order chi connectivity index (χ0) is 81.7. The Labute approximate surface area is 662 Å². The van der Waals surface area contributed by atoms with Crippen molar-refractivity contribution >= 4 is 0 Å². The smallest absolute Gasteiger partial charge is 0.123 e. The first-order valence-electron chi connectivity index (χ1n) is 40.6. The molecule has 0 atom stereocenters. The molecule has 8 rings (SSSR count). The molecule has 0 bridgehead atoms. The number of hydrogen-bond acceptors (Lipinski definition) is 4. The number of ether oxygens (including phenoxy) is 4. The molecular formula is C102H154F2O4. The van der Waals surface area contributed by atoms with Crippen molar-refractivity contribution in [2.24, 2.45) is 21.7 Å². The molecule has 4 nitrogen and oxygen atoms in total. The first-order valence-corrected chi connectivity index (χ1v) is 40.6. The molecule has 0 saturated heterocycles. The van der Waals surface area contributed by atoms with Gasteiger partial charge in [0.05, 0.1) is 27.4 Å². The number of rotatable bonds is 22. The molecule has 0 unspecified atom stereocenters. The van der Waals surface area contributed by atoms with E-state index >= 15 is 0 Å². The van der Waals surface area contributed by atoms with E-state index in [1.165, 1.54) is 146 Å². The monoisotopic (exact) mass is 1480 g/mol. The van der Waals surface area contributed by atoms with Crippen LogP contribution in [0.3, 0.4) is 0 Å². The van der Waals surface area contributed by atoms with Crippen LogP contribution in [0.15, 0.2) is 206 Å². The second-order valence-electron chi connectivity index (χ2n) is 37.9. The van der Waals surface area contributed by atoms with Crippen LogP contribution in [0.1, 0.15) is 302 Å². The molecule has 8 aromatic rings. The van der Waals surface area contributed by atoms with Crippen molar-refractivity contribution in [1.82, 2.24) is 0 Å². The molecule has 0 aliphatic heterocycles. The average molecular weight is 1480 g/mol. The molecule has 0 heterocycles. The second kappa shape index (κ2) is 50.6. The molecule has 0 aliphatic carbocycles. The van der Waals surface area contributed by atoms with Crippen LogP contribution in [0.5, 0.6) is 23.0 Å². The number of halogens is 2. The lowest BCUT2D eigenvalue weighted by Gasteiger charge is -2.19. The molecule has 0 N–H and O–H groups in total. The number of unbranched alkanes of at least 4 members (excludes halogenated alkanes) is 10. The highest BCUT2D eigenvalue weighted by molar-refractivity contribution is 5.33. The number of benzene rings is 8. The van der Waals surface area contributed by atoms with E-state index in [2.05, 4.69) is 313 Å². The topological polar surface area (TPSA) is 36.9 Å². The minimum Gasteiger partial charge on any atom is -0.497 e. The van der Waals surface area contributed by atoms with Crippen LogP contribution in [-0.2, 0) is 47.3 Å². The number of hydrogen-bond donors (Lipinski definition) is 0. The van der Waals surface area contributed by atoms with Crippen LogP contribution >= 0.6 is 0 Å². The van der Waals surface area contributed by atoms with Crippen molar-refractivity contribution in [3.63, 3.8) is 0 Å². The summed E-state index contributed by atoms with van der Waals surface area (Å²) >= 11 is 0. The number of methoxy groups -OCH3 is 2. The van der Waals surface area contributed by atoms with Crippen molar-refractivity contribution in [3.8, 4) is 23.0 Å². The van der Waals surface area contributed by atoms with Crippen molar-refractivity contribution in [1.29, 1.82) is 0 Å². The minimum atomic E-state index is -0.169. The first-order chi connectivity index (χ1) is 50.2. The van der Waals surface area contributed by atoms with E-state index in [1.54, 1.807) is 14.2 Å². The fraction of sp³-hybridized carbons (Fsp3) is 0.529. The molecule has 0 radical (unpaired) electrons. The van der Waals surface area contributed by atoms with E-state index in [1.807, 2.05) is 48.5 Å². The Kier molecular flexibility index (Phi) is 46.3. The summed E-state index contributed by atoms with van der Waals surface area (Å²) in [7, 11) is 3.38. The van der Waals surface area contributed by atoms with E-state index in [9.17, 15) is 8.78 Å². The van der Waals surface area contributed by atoms with Gasteiger partial charge in [-0.25, -0.2) is 8.78 Å². The van der Waals surface area contributed by atoms with E-state index in [4.69, 9.17) is 18.9 Å². The molecule has 0 spiro atoms. The summed E-state index contributed by atoms with van der Waals surface area (Å²) in [6, 6.07) is 68.2. The molecular weight excluding hydrogens is 1330 g/mol. The van der Waals surface area contributed by atoms with E-state index in [-0.39, 0.29) is 33.3 Å². The van der Waals surface area contributed by atoms with E-state index in [0.29, 0.717) is 21.7 Å². The van der Waals surface area contributed by atoms with Crippen molar-refractivity contribution in [2.45, 2.75) is 304 Å². The van der Waals surface area contributed by atoms with Crippen molar-refractivity contribution < 1.29 is 27.7 Å². The Morgan fingerprint density at radius 1 is 0.231 bits per heavy atom. The zero-order valence-electron chi connectivity index (χ0n) is 73.7. The van der Waals surface area contributed by atoms with E-state index in [0.717, 1.165) is 61.9 Å². The molecule has 0 amide bonds. The van der Waals surface area contributed by atoms with Crippen molar-refractivity contribution in [3.05, 3.63) is 262 Å². The van der Waals surface area contributed by atoms with Gasteiger partial charge >= 0.3 is 0 Å². The fourth-order valence-corrected chi connectivity index (χ4v) is 11.3. The van der Waals surface area contributed by atoms with Gasteiger partial charge in [0.15, 0.2) is 0 Å². The van der Waals surface area contributed by atoms with Gasteiger partial charge in [-0.2, -0.15) is 0 Å². The van der Waals surface area contributed by atoms with Gasteiger partial charge in [0.2, 0.25) is 0 Å². The van der Waals surface area contributed by atoms with Crippen LogP contribution in [0.4, 0.5) is 8.78 Å². The Balaban J connectivity index is 0.000000624. The maximum Gasteiger partial charge on any atom is 0.123 e. The molecule has 8 aromatic carbocycles. The third-order valence-corrected chi connectivity index (χ3v) is 17.3. The molecule has 0 fully saturated rings. The van der Waals surface area contributed by atoms with Gasteiger partial charge < -0.3 is 18.9 Å². The van der Waals surface area contributed by atoms with Crippen LogP contribution in [-0.4, -0.2) is 27.4 Å². The molecule has 0 saturated carbocycles. The lowest BCUT2D eigenvalue weighted by molar-refractivity contribution is 0.304. The Bertz CT molecular complexity index is 3460. The van der Waals surface area contributed by atoms with Crippen molar-refractivity contribution in [2.75, 3.05) is 27.4 Å². The SMILES string of the molecule is CC(C)(C)Cc1ccc(F)cc1.CC(C)(C)Cc1ccccc1.CC(C)(C)c1ccc(F)cc1.CC(C)(C)c1ccccc1.CCCCCCCCOc1ccc(C(C)(C)C)cc1.CCCCCCCCOc1ccc(CC(C)(C)C)cc1.COc1ccc(C(C)(C)C)cc1.COc1ccc(CC(C)(C)C)cc1. The lowest BCUT2D eigenvalue weighted by atomic mass is 9.87. The van der Waals surface area contributed by atoms with Gasteiger partial charge in [-0.05, 0) is 199 Å². The summed E-state index contributed by atoms with van der Waals surface area (Å²) in [5.74, 6) is 3.53. The summed E-state index contributed by atoms with van der Waals surface area (Å²) in [4.78, 5) is 0. The maximum atomic E-state index is 12.5. The summed E-state index contributed by atoms with van der Waals surface area (Å²) in [5, 5.41) is 0. The standard InChI is InChI=1S/C19H32O.C18H30O.C12H18O.C11H15F.C11H16O.C11H16.C10H13F.C10H14/c1-5-6-7-8-9-10-15-20-18-13-11-17(12-14-18)16-19(2,3)4;1-5-6-7-8-9-10-15-19-17-13-11-16(12-14-17)18(2,3)4;1-12(2,3)9-10-5-7-11(13-4)8-6-10;1-11(2,3)8-9-4-6-10(12)7-5-9;1-11(2,3)9-5-7-10(12-4)8-6-9;1-11(2,3)9-10-7-5-4-6-8-10;1-10(2,3)8-4-6-9(11)7-5-8;1-10(2,3)9-7-5-4-6-8-9/h11-14H,5-10,15-16H2,1-4H3;11-14H,5-10,15H2,1-4H3;5-8H,9H2,1-4H3;4-7H,8H2,1-3H3;5-8H,1-4H3;4-8H,9H2,1-3H3;4-7H,1-3H3;4-8H,1-3H3. The second-order valence-corrected chi connectivity index (χ2v) is 37.9. The summed E-state index contributed by atoms with van der Waals surface area (Å²) in [6.45, 7) is 59.4. The molecule has 6 heteroatoms. The van der Waals surface area contributed by atoms with Gasteiger partial charge in [-0.15, -0.1) is 0 Å².